The Bertz CT molecular complexity index is 801. The van der Waals surface area contributed by atoms with Gasteiger partial charge < -0.3 is 11.1 Å². The fraction of sp³-hybridized carbons (Fsp3) is 0. The van der Waals surface area contributed by atoms with E-state index in [1.165, 1.54) is 0 Å². The minimum absolute atomic E-state index is 0.315. The van der Waals surface area contributed by atoms with Crippen molar-refractivity contribution >= 4 is 63.1 Å². The topological polar surface area (TPSA) is 76.7 Å². The van der Waals surface area contributed by atoms with Crippen molar-refractivity contribution < 1.29 is 0 Å². The smallest absolute Gasteiger partial charge is 0.131 e. The number of nitrogens with one attached hydrogen (secondary N) is 1. The molecule has 0 saturated carbocycles. The van der Waals surface area contributed by atoms with Gasteiger partial charge in [0.25, 0.3) is 0 Å². The summed E-state index contributed by atoms with van der Waals surface area (Å²) in [6, 6.07) is 7.10. The number of anilines is 2. The molecule has 3 aromatic rings. The number of rotatable bonds is 3. The van der Waals surface area contributed by atoms with E-state index in [0.29, 0.717) is 27.0 Å². The van der Waals surface area contributed by atoms with Gasteiger partial charge in [-0.2, -0.15) is 8.75 Å². The summed E-state index contributed by atoms with van der Waals surface area (Å²) in [4.78, 5) is 4.53. The van der Waals surface area contributed by atoms with E-state index in [2.05, 4.69) is 19.0 Å². The maximum atomic E-state index is 6.21. The minimum Gasteiger partial charge on any atom is -0.389 e. The molecule has 0 aliphatic heterocycles. The van der Waals surface area contributed by atoms with Crippen molar-refractivity contribution in [1.82, 2.24) is 13.7 Å². The monoisotopic (exact) mass is 321 g/mol. The zero-order valence-electron chi connectivity index (χ0n) is 10.0. The molecule has 5 nitrogen and oxygen atoms in total. The van der Waals surface area contributed by atoms with E-state index in [9.17, 15) is 0 Å². The number of halogens is 1. The fourth-order valence-electron chi connectivity index (χ4n) is 1.73. The van der Waals surface area contributed by atoms with Crippen LogP contribution in [0.25, 0.3) is 11.0 Å². The highest BCUT2D eigenvalue weighted by atomic mass is 35.5. The molecule has 0 spiro atoms. The summed E-state index contributed by atoms with van der Waals surface area (Å²) in [5.74, 6) is 0.595. The maximum Gasteiger partial charge on any atom is 0.131 e. The van der Waals surface area contributed by atoms with E-state index in [-0.39, 0.29) is 0 Å². The third kappa shape index (κ3) is 2.43. The van der Waals surface area contributed by atoms with Crippen molar-refractivity contribution in [1.29, 1.82) is 0 Å². The second-order valence-corrected chi connectivity index (χ2v) is 5.35. The van der Waals surface area contributed by atoms with Gasteiger partial charge in [-0.1, -0.05) is 23.8 Å². The van der Waals surface area contributed by atoms with Gasteiger partial charge >= 0.3 is 0 Å². The van der Waals surface area contributed by atoms with Crippen molar-refractivity contribution in [3.63, 3.8) is 0 Å². The van der Waals surface area contributed by atoms with E-state index >= 15 is 0 Å². The molecule has 0 atom stereocenters. The van der Waals surface area contributed by atoms with Crippen LogP contribution in [0.5, 0.6) is 0 Å². The van der Waals surface area contributed by atoms with Gasteiger partial charge in [-0.3, -0.25) is 0 Å². The summed E-state index contributed by atoms with van der Waals surface area (Å²) in [5.41, 5.74) is 8.51. The molecule has 0 aliphatic carbocycles. The Hall–Kier alpha value is -1.83. The first-order chi connectivity index (χ1) is 9.65. The van der Waals surface area contributed by atoms with Gasteiger partial charge in [0.2, 0.25) is 0 Å². The van der Waals surface area contributed by atoms with Gasteiger partial charge in [0.1, 0.15) is 21.8 Å². The van der Waals surface area contributed by atoms with Crippen molar-refractivity contribution in [2.75, 3.05) is 5.32 Å². The third-order valence-electron chi connectivity index (χ3n) is 2.67. The molecule has 2 aromatic heterocycles. The lowest BCUT2D eigenvalue weighted by Gasteiger charge is -2.09. The molecule has 2 heterocycles. The summed E-state index contributed by atoms with van der Waals surface area (Å²) in [7, 11) is 0. The number of nitrogens with zero attached hydrogens (tertiary/aromatic N) is 3. The number of fused-ring (bicyclic) bond motifs is 1. The van der Waals surface area contributed by atoms with Crippen LogP contribution in [0.3, 0.4) is 0 Å². The number of pyridine rings is 1. The van der Waals surface area contributed by atoms with E-state index in [1.54, 1.807) is 24.4 Å². The van der Waals surface area contributed by atoms with Crippen LogP contribution in [0.15, 0.2) is 30.5 Å². The molecule has 3 N–H and O–H groups in total. The summed E-state index contributed by atoms with van der Waals surface area (Å²) in [6.45, 7) is 0. The van der Waals surface area contributed by atoms with Crippen molar-refractivity contribution in [2.24, 2.45) is 5.73 Å². The highest BCUT2D eigenvalue weighted by Crippen LogP contribution is 2.32. The zero-order chi connectivity index (χ0) is 14.1. The molecule has 0 saturated heterocycles. The molecular weight excluding hydrogens is 314 g/mol. The number of hydrogen-bond donors (Lipinski definition) is 2. The van der Waals surface area contributed by atoms with Crippen LogP contribution in [-0.4, -0.2) is 18.7 Å². The lowest BCUT2D eigenvalue weighted by molar-refractivity contribution is 1.30. The van der Waals surface area contributed by atoms with Crippen LogP contribution >= 0.6 is 35.5 Å². The number of benzene rings is 1. The zero-order valence-corrected chi connectivity index (χ0v) is 12.4. The Balaban J connectivity index is 2.05. The molecule has 0 fully saturated rings. The van der Waals surface area contributed by atoms with E-state index in [1.807, 2.05) is 6.07 Å². The highest BCUT2D eigenvalue weighted by molar-refractivity contribution is 7.80. The predicted molar refractivity (Wildman–Crippen MR) is 85.8 cm³/mol. The summed E-state index contributed by atoms with van der Waals surface area (Å²) >= 11 is 12.3. The highest BCUT2D eigenvalue weighted by Gasteiger charge is 2.11. The Morgan fingerprint density at radius 2 is 2.15 bits per heavy atom. The minimum atomic E-state index is 0.315. The van der Waals surface area contributed by atoms with Gasteiger partial charge in [0.05, 0.1) is 22.4 Å². The van der Waals surface area contributed by atoms with Gasteiger partial charge in [0, 0.05) is 11.8 Å². The molecule has 20 heavy (non-hydrogen) atoms. The van der Waals surface area contributed by atoms with E-state index in [4.69, 9.17) is 29.6 Å². The van der Waals surface area contributed by atoms with Crippen LogP contribution in [0, 0.1) is 0 Å². The lowest BCUT2D eigenvalue weighted by atomic mass is 10.2. The number of aromatic nitrogens is 3. The van der Waals surface area contributed by atoms with Crippen LogP contribution in [-0.2, 0) is 0 Å². The quantitative estimate of drug-likeness (QED) is 0.722. The number of thiocarbonyl (C=S) groups is 1. The normalized spacial score (nSPS) is 10.7. The van der Waals surface area contributed by atoms with E-state index < -0.39 is 0 Å². The maximum absolute atomic E-state index is 6.21. The molecule has 3 rings (SSSR count). The van der Waals surface area contributed by atoms with Crippen molar-refractivity contribution in [3.8, 4) is 0 Å². The second-order valence-electron chi connectivity index (χ2n) is 3.97. The summed E-state index contributed by atoms with van der Waals surface area (Å²) in [6.07, 6.45) is 1.63. The third-order valence-corrected chi connectivity index (χ3v) is 3.77. The molecule has 0 radical (unpaired) electrons. The SMILES string of the molecule is NC(=S)c1ccnc(Nc2c(Cl)ccc3nsnc23)c1. The molecular formula is C12H8ClN5S2. The van der Waals surface area contributed by atoms with Crippen LogP contribution < -0.4 is 11.1 Å². The number of hydrogen-bond acceptors (Lipinski definition) is 6. The molecule has 0 bridgehead atoms. The standard InChI is InChI=1S/C12H8ClN5S2/c13-7-1-2-8-11(18-20-17-8)10(7)16-9-5-6(12(14)19)3-4-15-9/h1-5H,(H2,14,19)(H,15,16). The van der Waals surface area contributed by atoms with Crippen LogP contribution in [0.4, 0.5) is 11.5 Å². The average molecular weight is 322 g/mol. The van der Waals surface area contributed by atoms with Gasteiger partial charge in [-0.05, 0) is 24.3 Å². The van der Waals surface area contributed by atoms with Crippen LogP contribution in [0.2, 0.25) is 5.02 Å². The van der Waals surface area contributed by atoms with Crippen molar-refractivity contribution in [2.45, 2.75) is 0 Å². The Morgan fingerprint density at radius 3 is 2.95 bits per heavy atom. The Kier molecular flexibility index (Phi) is 3.47. The average Bonchev–Trinajstić information content (AvgIpc) is 2.91. The Morgan fingerprint density at radius 1 is 1.30 bits per heavy atom. The summed E-state index contributed by atoms with van der Waals surface area (Å²) < 4.78 is 8.42. The van der Waals surface area contributed by atoms with Gasteiger partial charge in [-0.25, -0.2) is 4.98 Å². The first kappa shape index (κ1) is 13.2. The van der Waals surface area contributed by atoms with E-state index in [0.717, 1.165) is 22.8 Å². The molecule has 0 aliphatic rings. The van der Waals surface area contributed by atoms with Gasteiger partial charge in [0.15, 0.2) is 0 Å². The molecule has 0 unspecified atom stereocenters. The van der Waals surface area contributed by atoms with Gasteiger partial charge in [-0.15, -0.1) is 0 Å². The predicted octanol–water partition coefficient (Wildman–Crippen LogP) is 3.12. The first-order valence-electron chi connectivity index (χ1n) is 5.59. The fourth-order valence-corrected chi connectivity index (χ4v) is 2.60. The van der Waals surface area contributed by atoms with Crippen LogP contribution in [0.1, 0.15) is 5.56 Å². The number of nitrogens with two attached hydrogens (primary N) is 1. The van der Waals surface area contributed by atoms with Crippen molar-refractivity contribution in [3.05, 3.63) is 41.0 Å². The summed E-state index contributed by atoms with van der Waals surface area (Å²) in [5, 5.41) is 3.69. The molecule has 1 aromatic carbocycles. The molecule has 100 valence electrons. The molecule has 8 heteroatoms. The lowest BCUT2D eigenvalue weighted by Crippen LogP contribution is -2.10. The second kappa shape index (κ2) is 5.28. The molecule has 0 amide bonds. The Labute approximate surface area is 129 Å². The first-order valence-corrected chi connectivity index (χ1v) is 7.10. The largest absolute Gasteiger partial charge is 0.389 e.